The van der Waals surface area contributed by atoms with Gasteiger partial charge in [-0.1, -0.05) is 12.1 Å². The molecule has 0 saturated carbocycles. The molecule has 0 aliphatic carbocycles. The Morgan fingerprint density at radius 3 is 2.25 bits per heavy atom. The van der Waals surface area contributed by atoms with Gasteiger partial charge in [0.1, 0.15) is 11.7 Å². The van der Waals surface area contributed by atoms with E-state index in [4.69, 9.17) is 9.47 Å². The van der Waals surface area contributed by atoms with E-state index in [9.17, 15) is 18.4 Å². The Labute approximate surface area is 138 Å². The lowest BCUT2D eigenvalue weighted by Gasteiger charge is -2.15. The maximum absolute atomic E-state index is 13.4. The van der Waals surface area contributed by atoms with E-state index >= 15 is 0 Å². The predicted molar refractivity (Wildman–Crippen MR) is 83.1 cm³/mol. The number of carbonyl (C=O) groups excluding carboxylic acids is 2. The van der Waals surface area contributed by atoms with E-state index in [1.54, 1.807) is 31.2 Å². The second-order valence-corrected chi connectivity index (χ2v) is 4.95. The lowest BCUT2D eigenvalue weighted by Crippen LogP contribution is -2.24. The second kappa shape index (κ2) is 7.68. The minimum atomic E-state index is -1.26. The lowest BCUT2D eigenvalue weighted by molar-refractivity contribution is -0.143. The molecular weight excluding hydrogens is 318 g/mol. The number of carbonyl (C=O) groups is 2. The second-order valence-electron chi connectivity index (χ2n) is 4.95. The molecule has 126 valence electrons. The van der Waals surface area contributed by atoms with Crippen LogP contribution < -0.4 is 4.74 Å². The van der Waals surface area contributed by atoms with E-state index in [0.29, 0.717) is 11.3 Å². The van der Waals surface area contributed by atoms with Crippen LogP contribution in [0.25, 0.3) is 0 Å². The summed E-state index contributed by atoms with van der Waals surface area (Å²) in [6, 6.07) is 9.05. The van der Waals surface area contributed by atoms with E-state index < -0.39 is 29.3 Å². The molecule has 0 amide bonds. The molecule has 2 rings (SSSR count). The van der Waals surface area contributed by atoms with E-state index in [1.807, 2.05) is 0 Å². The van der Waals surface area contributed by atoms with E-state index in [0.717, 1.165) is 18.2 Å². The molecule has 6 heteroatoms. The Morgan fingerprint density at radius 1 is 1.04 bits per heavy atom. The van der Waals surface area contributed by atoms with Gasteiger partial charge in [-0.05, 0) is 42.8 Å². The first kappa shape index (κ1) is 17.6. The normalized spacial score (nSPS) is 11.7. The van der Waals surface area contributed by atoms with Crippen LogP contribution in [0.5, 0.6) is 5.75 Å². The zero-order valence-electron chi connectivity index (χ0n) is 13.2. The Morgan fingerprint density at radius 2 is 1.71 bits per heavy atom. The average Bonchev–Trinajstić information content (AvgIpc) is 2.58. The number of hydrogen-bond acceptors (Lipinski definition) is 4. The van der Waals surface area contributed by atoms with Crippen molar-refractivity contribution < 1.29 is 27.8 Å². The van der Waals surface area contributed by atoms with Gasteiger partial charge in [0.05, 0.1) is 13.7 Å². The maximum atomic E-state index is 13.4. The Bertz CT molecular complexity index is 741. The summed E-state index contributed by atoms with van der Waals surface area (Å²) in [6.07, 6.45) is 0. The largest absolute Gasteiger partial charge is 0.497 e. The summed E-state index contributed by atoms with van der Waals surface area (Å²) in [4.78, 5) is 24.9. The van der Waals surface area contributed by atoms with Gasteiger partial charge in [0.2, 0.25) is 0 Å². The van der Waals surface area contributed by atoms with Gasteiger partial charge in [0.25, 0.3) is 0 Å². The van der Waals surface area contributed by atoms with Gasteiger partial charge in [0.15, 0.2) is 17.4 Å². The number of methoxy groups -OCH3 is 1. The summed E-state index contributed by atoms with van der Waals surface area (Å²) < 4.78 is 36.4. The third kappa shape index (κ3) is 3.76. The number of rotatable bonds is 6. The molecule has 0 N–H and O–H groups in total. The highest BCUT2D eigenvalue weighted by Gasteiger charge is 2.31. The zero-order valence-corrected chi connectivity index (χ0v) is 13.2. The van der Waals surface area contributed by atoms with Crippen LogP contribution in [-0.2, 0) is 9.53 Å². The average molecular weight is 334 g/mol. The minimum absolute atomic E-state index is 0.0938. The highest BCUT2D eigenvalue weighted by atomic mass is 19.2. The molecule has 0 aromatic heterocycles. The molecule has 0 fully saturated rings. The summed E-state index contributed by atoms with van der Waals surface area (Å²) in [5.41, 5.74) is 0.270. The fraction of sp³-hybridized carbons (Fsp3) is 0.222. The molecule has 0 bridgehead atoms. The molecule has 24 heavy (non-hydrogen) atoms. The standard InChI is InChI=1S/C18H16F2O4/c1-3-24-18(22)16(11-4-7-13(23-2)8-5-11)17(21)12-6-9-14(19)15(20)10-12/h4-10,16H,3H2,1-2H3. The Kier molecular flexibility index (Phi) is 5.63. The molecule has 0 aliphatic rings. The van der Waals surface area contributed by atoms with Crippen molar-refractivity contribution in [1.29, 1.82) is 0 Å². The number of ether oxygens (including phenoxy) is 2. The van der Waals surface area contributed by atoms with Gasteiger partial charge in [-0.15, -0.1) is 0 Å². The van der Waals surface area contributed by atoms with Gasteiger partial charge in [0, 0.05) is 5.56 Å². The van der Waals surface area contributed by atoms with Gasteiger partial charge in [-0.2, -0.15) is 0 Å². The van der Waals surface area contributed by atoms with Crippen molar-refractivity contribution in [2.45, 2.75) is 12.8 Å². The first-order valence-electron chi connectivity index (χ1n) is 7.27. The number of Topliss-reactive ketones (excluding diaryl/α,β-unsaturated/α-hetero) is 1. The summed E-state index contributed by atoms with van der Waals surface area (Å²) in [6.45, 7) is 1.71. The van der Waals surface area contributed by atoms with Crippen molar-refractivity contribution in [1.82, 2.24) is 0 Å². The summed E-state index contributed by atoms with van der Waals surface area (Å²) in [5.74, 6) is -4.35. The van der Waals surface area contributed by atoms with Crippen LogP contribution in [0.4, 0.5) is 8.78 Å². The zero-order chi connectivity index (χ0) is 17.7. The molecule has 4 nitrogen and oxygen atoms in total. The molecule has 0 heterocycles. The van der Waals surface area contributed by atoms with Crippen molar-refractivity contribution in [3.8, 4) is 5.75 Å². The third-order valence-electron chi connectivity index (χ3n) is 3.44. The molecule has 0 aliphatic heterocycles. The number of benzene rings is 2. The summed E-state index contributed by atoms with van der Waals surface area (Å²) >= 11 is 0. The molecule has 0 saturated heterocycles. The first-order chi connectivity index (χ1) is 11.5. The molecule has 0 radical (unpaired) electrons. The van der Waals surface area contributed by atoms with Crippen LogP contribution in [0.3, 0.4) is 0 Å². The molecule has 0 spiro atoms. The Balaban J connectivity index is 2.42. The van der Waals surface area contributed by atoms with Gasteiger partial charge in [-0.25, -0.2) is 8.78 Å². The number of esters is 1. The monoisotopic (exact) mass is 334 g/mol. The third-order valence-corrected chi connectivity index (χ3v) is 3.44. The molecule has 1 unspecified atom stereocenters. The molecule has 2 aromatic carbocycles. The highest BCUT2D eigenvalue weighted by Crippen LogP contribution is 2.25. The molecule has 2 aromatic rings. The smallest absolute Gasteiger partial charge is 0.321 e. The van der Waals surface area contributed by atoms with Crippen LogP contribution >= 0.6 is 0 Å². The van der Waals surface area contributed by atoms with Gasteiger partial charge in [-0.3, -0.25) is 9.59 Å². The predicted octanol–water partition coefficient (Wildman–Crippen LogP) is 3.50. The van der Waals surface area contributed by atoms with Gasteiger partial charge < -0.3 is 9.47 Å². The SMILES string of the molecule is CCOC(=O)C(C(=O)c1ccc(F)c(F)c1)c1ccc(OC)cc1. The van der Waals surface area contributed by atoms with Crippen molar-refractivity contribution in [3.63, 3.8) is 0 Å². The maximum Gasteiger partial charge on any atom is 0.321 e. The van der Waals surface area contributed by atoms with Crippen LogP contribution in [0.15, 0.2) is 42.5 Å². The van der Waals surface area contributed by atoms with Crippen LogP contribution in [0.2, 0.25) is 0 Å². The van der Waals surface area contributed by atoms with Crippen LogP contribution in [0.1, 0.15) is 28.8 Å². The molecule has 1 atom stereocenters. The fourth-order valence-electron chi connectivity index (χ4n) is 2.23. The number of hydrogen-bond donors (Lipinski definition) is 0. The van der Waals surface area contributed by atoms with Crippen molar-refractivity contribution in [2.75, 3.05) is 13.7 Å². The van der Waals surface area contributed by atoms with E-state index in [1.165, 1.54) is 7.11 Å². The number of ketones is 1. The summed E-state index contributed by atoms with van der Waals surface area (Å²) in [7, 11) is 1.49. The van der Waals surface area contributed by atoms with Crippen LogP contribution in [0, 0.1) is 11.6 Å². The lowest BCUT2D eigenvalue weighted by atomic mass is 9.90. The molecular formula is C18H16F2O4. The minimum Gasteiger partial charge on any atom is -0.497 e. The van der Waals surface area contributed by atoms with Gasteiger partial charge >= 0.3 is 5.97 Å². The quantitative estimate of drug-likeness (QED) is 0.461. The van der Waals surface area contributed by atoms with Crippen molar-refractivity contribution in [3.05, 3.63) is 65.2 Å². The summed E-state index contributed by atoms with van der Waals surface area (Å²) in [5, 5.41) is 0. The van der Waals surface area contributed by atoms with E-state index in [2.05, 4.69) is 0 Å². The Hall–Kier alpha value is -2.76. The van der Waals surface area contributed by atoms with Crippen molar-refractivity contribution in [2.24, 2.45) is 0 Å². The van der Waals surface area contributed by atoms with Crippen molar-refractivity contribution >= 4 is 11.8 Å². The van der Waals surface area contributed by atoms with E-state index in [-0.39, 0.29) is 12.2 Å². The van der Waals surface area contributed by atoms with Crippen LogP contribution in [-0.4, -0.2) is 25.5 Å². The fourth-order valence-corrected chi connectivity index (χ4v) is 2.23. The highest BCUT2D eigenvalue weighted by molar-refractivity contribution is 6.13. The topological polar surface area (TPSA) is 52.6 Å². The number of halogens is 2. The first-order valence-corrected chi connectivity index (χ1v) is 7.27.